The average molecular weight is 437 g/mol. The molecule has 5 nitrogen and oxygen atoms in total. The summed E-state index contributed by atoms with van der Waals surface area (Å²) >= 11 is 9.06. The van der Waals surface area contributed by atoms with Crippen molar-refractivity contribution in [2.45, 2.75) is 17.1 Å². The third-order valence-corrected chi connectivity index (χ3v) is 6.54. The predicted octanol–water partition coefficient (Wildman–Crippen LogP) is 2.53. The number of carbonyl (C=O) groups is 1. The van der Waals surface area contributed by atoms with E-state index in [0.29, 0.717) is 0 Å². The van der Waals surface area contributed by atoms with Crippen molar-refractivity contribution < 1.29 is 17.4 Å². The van der Waals surface area contributed by atoms with E-state index in [9.17, 15) is 17.4 Å². The van der Waals surface area contributed by atoms with E-state index in [1.54, 1.807) is 6.92 Å². The van der Waals surface area contributed by atoms with Gasteiger partial charge in [-0.25, -0.2) is 8.42 Å². The molecule has 0 bridgehead atoms. The summed E-state index contributed by atoms with van der Waals surface area (Å²) in [6.07, 6.45) is 1.53. The summed E-state index contributed by atoms with van der Waals surface area (Å²) in [7, 11) is 0.192. The van der Waals surface area contributed by atoms with Crippen LogP contribution in [0.1, 0.15) is 17.3 Å². The highest BCUT2D eigenvalue weighted by Gasteiger charge is 2.20. The minimum Gasteiger partial charge on any atom is -0.351 e. The number of rotatable bonds is 5. The second kappa shape index (κ2) is 7.41. The molecule has 1 N–H and O–H groups in total. The maximum Gasteiger partial charge on any atom is 0.261 e. The molecule has 0 spiro atoms. The summed E-state index contributed by atoms with van der Waals surface area (Å²) in [6.45, 7) is 1.89. The standard InChI is InChI=1S/C11H12BrCl2NO4S2/c1-6(20(2)17)5-15-11(16)8-3-7(21(14,18)19)4-9(12)10(8)13/h3-4,6H,5H2,1-2H3,(H,15,16). The van der Waals surface area contributed by atoms with Gasteiger partial charge in [0.15, 0.2) is 0 Å². The van der Waals surface area contributed by atoms with Gasteiger partial charge in [0.25, 0.3) is 15.0 Å². The summed E-state index contributed by atoms with van der Waals surface area (Å²) in [6, 6.07) is 2.31. The number of benzene rings is 1. The number of halogens is 3. The molecule has 0 saturated carbocycles. The molecular formula is C11H12BrCl2NO4S2. The van der Waals surface area contributed by atoms with Gasteiger partial charge in [0.05, 0.1) is 15.5 Å². The first-order valence-electron chi connectivity index (χ1n) is 5.58. The van der Waals surface area contributed by atoms with Gasteiger partial charge in [-0.05, 0) is 35.0 Å². The van der Waals surface area contributed by atoms with Crippen molar-refractivity contribution in [3.05, 3.63) is 27.2 Å². The quantitative estimate of drug-likeness (QED) is 0.719. The second-order valence-corrected chi connectivity index (χ2v) is 9.82. The fourth-order valence-electron chi connectivity index (χ4n) is 1.32. The van der Waals surface area contributed by atoms with Gasteiger partial charge in [-0.1, -0.05) is 11.6 Å². The van der Waals surface area contributed by atoms with Gasteiger partial charge >= 0.3 is 0 Å². The lowest BCUT2D eigenvalue weighted by Gasteiger charge is -2.12. The van der Waals surface area contributed by atoms with E-state index < -0.39 is 25.8 Å². The lowest BCUT2D eigenvalue weighted by Crippen LogP contribution is -2.32. The monoisotopic (exact) mass is 435 g/mol. The van der Waals surface area contributed by atoms with Gasteiger partial charge in [-0.15, -0.1) is 0 Å². The Morgan fingerprint density at radius 1 is 1.48 bits per heavy atom. The van der Waals surface area contributed by atoms with E-state index in [4.69, 9.17) is 22.3 Å². The maximum absolute atomic E-state index is 12.1. The number of amides is 1. The van der Waals surface area contributed by atoms with Crippen LogP contribution in [0.3, 0.4) is 0 Å². The van der Waals surface area contributed by atoms with E-state index in [-0.39, 0.29) is 31.7 Å². The van der Waals surface area contributed by atoms with E-state index in [2.05, 4.69) is 21.2 Å². The molecule has 1 amide bonds. The molecule has 0 aliphatic heterocycles. The smallest absolute Gasteiger partial charge is 0.261 e. The molecule has 1 aromatic rings. The van der Waals surface area contributed by atoms with Crippen molar-refractivity contribution in [2.24, 2.45) is 0 Å². The van der Waals surface area contributed by atoms with Gasteiger partial charge in [0.1, 0.15) is 0 Å². The van der Waals surface area contributed by atoms with Crippen LogP contribution in [0, 0.1) is 0 Å². The summed E-state index contributed by atoms with van der Waals surface area (Å²) in [4.78, 5) is 11.8. The Morgan fingerprint density at radius 2 is 2.05 bits per heavy atom. The molecule has 0 aliphatic rings. The van der Waals surface area contributed by atoms with Gasteiger partial charge in [-0.3, -0.25) is 9.00 Å². The van der Waals surface area contributed by atoms with Crippen LogP contribution in [0.5, 0.6) is 0 Å². The highest BCUT2D eigenvalue weighted by Crippen LogP contribution is 2.31. The third-order valence-electron chi connectivity index (χ3n) is 2.64. The summed E-state index contributed by atoms with van der Waals surface area (Å²) < 4.78 is 34.2. The van der Waals surface area contributed by atoms with Crippen LogP contribution < -0.4 is 5.32 Å². The molecule has 0 aromatic heterocycles. The second-order valence-electron chi connectivity index (χ2n) is 4.22. The predicted molar refractivity (Wildman–Crippen MR) is 88.1 cm³/mol. The van der Waals surface area contributed by atoms with E-state index in [1.807, 2.05) is 0 Å². The molecule has 0 fully saturated rings. The van der Waals surface area contributed by atoms with Crippen molar-refractivity contribution in [2.75, 3.05) is 12.8 Å². The first kappa shape index (κ1) is 18.9. The van der Waals surface area contributed by atoms with Crippen LogP contribution in [0.15, 0.2) is 21.5 Å². The highest BCUT2D eigenvalue weighted by molar-refractivity contribution is 9.10. The Balaban J connectivity index is 3.09. The Kier molecular flexibility index (Phi) is 6.67. The van der Waals surface area contributed by atoms with Crippen LogP contribution in [0.2, 0.25) is 5.02 Å². The van der Waals surface area contributed by atoms with Gasteiger partial charge in [0, 0.05) is 44.0 Å². The SMILES string of the molecule is CC(CNC(=O)c1cc(S(=O)(=O)Cl)cc(Br)c1Cl)S(C)=O. The Hall–Kier alpha value is -0.150. The van der Waals surface area contributed by atoms with Gasteiger partial charge in [0.2, 0.25) is 0 Å². The van der Waals surface area contributed by atoms with Crippen molar-refractivity contribution in [1.82, 2.24) is 5.32 Å². The Labute approximate surface area is 143 Å². The maximum atomic E-state index is 12.1. The largest absolute Gasteiger partial charge is 0.351 e. The van der Waals surface area contributed by atoms with Crippen molar-refractivity contribution in [1.29, 1.82) is 0 Å². The fraction of sp³-hybridized carbons (Fsp3) is 0.364. The topological polar surface area (TPSA) is 80.3 Å². The normalized spacial score (nSPS) is 14.5. The zero-order valence-electron chi connectivity index (χ0n) is 11.0. The molecular weight excluding hydrogens is 425 g/mol. The van der Waals surface area contributed by atoms with E-state index in [1.165, 1.54) is 12.3 Å². The summed E-state index contributed by atoms with van der Waals surface area (Å²) in [5.74, 6) is -0.569. The zero-order valence-corrected chi connectivity index (χ0v) is 15.8. The zero-order chi connectivity index (χ0) is 16.4. The van der Waals surface area contributed by atoms with Crippen molar-refractivity contribution in [3.8, 4) is 0 Å². The highest BCUT2D eigenvalue weighted by atomic mass is 79.9. The Bertz CT molecular complexity index is 694. The average Bonchev–Trinajstić information content (AvgIpc) is 2.37. The fourth-order valence-corrected chi connectivity index (χ4v) is 3.23. The molecule has 21 heavy (non-hydrogen) atoms. The molecule has 2 atom stereocenters. The summed E-state index contributed by atoms with van der Waals surface area (Å²) in [5, 5.41) is 2.38. The molecule has 0 saturated heterocycles. The molecule has 1 aromatic carbocycles. The van der Waals surface area contributed by atoms with E-state index in [0.717, 1.165) is 6.07 Å². The number of carbonyl (C=O) groups excluding carboxylic acids is 1. The molecule has 0 radical (unpaired) electrons. The Morgan fingerprint density at radius 3 is 2.52 bits per heavy atom. The van der Waals surface area contributed by atoms with Gasteiger partial charge in [-0.2, -0.15) is 0 Å². The van der Waals surface area contributed by atoms with E-state index >= 15 is 0 Å². The lowest BCUT2D eigenvalue weighted by atomic mass is 10.2. The first-order valence-corrected chi connectivity index (χ1v) is 10.7. The number of hydrogen-bond acceptors (Lipinski definition) is 4. The molecule has 0 aliphatic carbocycles. The van der Waals surface area contributed by atoms with Crippen LogP contribution in [0.25, 0.3) is 0 Å². The molecule has 2 unspecified atom stereocenters. The van der Waals surface area contributed by atoms with Gasteiger partial charge < -0.3 is 5.32 Å². The van der Waals surface area contributed by atoms with Crippen molar-refractivity contribution in [3.63, 3.8) is 0 Å². The van der Waals surface area contributed by atoms with Crippen LogP contribution in [-0.2, 0) is 19.9 Å². The van der Waals surface area contributed by atoms with Crippen molar-refractivity contribution >= 4 is 64.0 Å². The molecule has 10 heteroatoms. The first-order chi connectivity index (χ1) is 9.54. The number of hydrogen-bond donors (Lipinski definition) is 1. The van der Waals surface area contributed by atoms with Crippen LogP contribution in [0.4, 0.5) is 0 Å². The van der Waals surface area contributed by atoms with Crippen LogP contribution >= 0.6 is 38.2 Å². The lowest BCUT2D eigenvalue weighted by molar-refractivity contribution is 0.0954. The minimum absolute atomic E-state index is 0.0284. The molecule has 0 heterocycles. The number of nitrogens with one attached hydrogen (secondary N) is 1. The molecule has 118 valence electrons. The molecule has 1 rings (SSSR count). The minimum atomic E-state index is -3.99. The summed E-state index contributed by atoms with van der Waals surface area (Å²) in [5.41, 5.74) is -0.0284. The third kappa shape index (κ3) is 5.21. The van der Waals surface area contributed by atoms with Crippen LogP contribution in [-0.4, -0.2) is 36.6 Å².